The first-order chi connectivity index (χ1) is 7.83. The summed E-state index contributed by atoms with van der Waals surface area (Å²) in [5.74, 6) is 0.625. The molecule has 1 heterocycles. The summed E-state index contributed by atoms with van der Waals surface area (Å²) < 4.78 is 0. The van der Waals surface area contributed by atoms with Gasteiger partial charge in [0.15, 0.2) is 0 Å². The number of anilines is 1. The molecule has 0 saturated carbocycles. The van der Waals surface area contributed by atoms with Crippen LogP contribution in [0.1, 0.15) is 20.8 Å². The molecule has 6 heteroatoms. The smallest absolute Gasteiger partial charge is 0.287 e. The minimum Gasteiger partial charge on any atom is -0.389 e. The predicted molar refractivity (Wildman–Crippen MR) is 65.1 cm³/mol. The van der Waals surface area contributed by atoms with Crippen molar-refractivity contribution in [2.75, 3.05) is 18.0 Å². The van der Waals surface area contributed by atoms with E-state index in [-0.39, 0.29) is 5.69 Å². The highest BCUT2D eigenvalue weighted by Gasteiger charge is 2.18. The standard InChI is InChI=1S/C11H17N3O3/c1-4-13(8-11(2,3)15)10-6-5-9(7-12-10)14(16)17/h5-7,15H,4,8H2,1-3H3. The van der Waals surface area contributed by atoms with Crippen LogP contribution < -0.4 is 4.90 Å². The second-order valence-electron chi connectivity index (χ2n) is 4.46. The molecule has 0 fully saturated rings. The minimum atomic E-state index is -0.834. The average molecular weight is 239 g/mol. The van der Waals surface area contributed by atoms with Gasteiger partial charge in [0.25, 0.3) is 5.69 Å². The number of nitrogens with zero attached hydrogens (tertiary/aromatic N) is 3. The minimum absolute atomic E-state index is 0.0342. The normalized spacial score (nSPS) is 11.3. The van der Waals surface area contributed by atoms with E-state index < -0.39 is 10.5 Å². The Morgan fingerprint density at radius 2 is 2.18 bits per heavy atom. The van der Waals surface area contributed by atoms with Crippen LogP contribution in [0, 0.1) is 10.1 Å². The molecule has 0 aromatic carbocycles. The first-order valence-corrected chi connectivity index (χ1v) is 5.41. The zero-order chi connectivity index (χ0) is 13.1. The summed E-state index contributed by atoms with van der Waals surface area (Å²) in [5.41, 5.74) is -0.868. The summed E-state index contributed by atoms with van der Waals surface area (Å²) in [4.78, 5) is 15.9. The van der Waals surface area contributed by atoms with Crippen LogP contribution in [-0.2, 0) is 0 Å². The Morgan fingerprint density at radius 1 is 1.53 bits per heavy atom. The molecule has 17 heavy (non-hydrogen) atoms. The number of nitro groups is 1. The van der Waals surface area contributed by atoms with Gasteiger partial charge in [0.1, 0.15) is 12.0 Å². The number of aliphatic hydroxyl groups is 1. The van der Waals surface area contributed by atoms with Crippen LogP contribution in [0.5, 0.6) is 0 Å². The number of hydrogen-bond acceptors (Lipinski definition) is 5. The van der Waals surface area contributed by atoms with Crippen molar-refractivity contribution in [3.63, 3.8) is 0 Å². The number of rotatable bonds is 5. The molecule has 1 N–H and O–H groups in total. The fourth-order valence-electron chi connectivity index (χ4n) is 1.50. The molecule has 0 atom stereocenters. The van der Waals surface area contributed by atoms with E-state index in [4.69, 9.17) is 0 Å². The van der Waals surface area contributed by atoms with Gasteiger partial charge in [0.2, 0.25) is 0 Å². The van der Waals surface area contributed by atoms with Gasteiger partial charge in [-0.15, -0.1) is 0 Å². The average Bonchev–Trinajstić information content (AvgIpc) is 2.25. The van der Waals surface area contributed by atoms with Crippen molar-refractivity contribution >= 4 is 11.5 Å². The first kappa shape index (κ1) is 13.4. The van der Waals surface area contributed by atoms with Crippen molar-refractivity contribution in [1.29, 1.82) is 0 Å². The van der Waals surface area contributed by atoms with Crippen molar-refractivity contribution in [3.8, 4) is 0 Å². The number of likely N-dealkylation sites (N-methyl/N-ethyl adjacent to an activating group) is 1. The molecule has 0 unspecified atom stereocenters. The lowest BCUT2D eigenvalue weighted by Crippen LogP contribution is -2.39. The van der Waals surface area contributed by atoms with Gasteiger partial charge >= 0.3 is 0 Å². The van der Waals surface area contributed by atoms with Crippen LogP contribution in [0.3, 0.4) is 0 Å². The molecule has 6 nitrogen and oxygen atoms in total. The molecule has 1 aromatic heterocycles. The van der Waals surface area contributed by atoms with Crippen molar-refractivity contribution in [1.82, 2.24) is 4.98 Å². The second kappa shape index (κ2) is 5.09. The summed E-state index contributed by atoms with van der Waals surface area (Å²) in [6.07, 6.45) is 1.22. The molecule has 94 valence electrons. The van der Waals surface area contributed by atoms with Gasteiger partial charge in [0, 0.05) is 19.2 Å². The molecular weight excluding hydrogens is 222 g/mol. The van der Waals surface area contributed by atoms with Gasteiger partial charge in [-0.1, -0.05) is 0 Å². The molecular formula is C11H17N3O3. The Kier molecular flexibility index (Phi) is 4.01. The fourth-order valence-corrected chi connectivity index (χ4v) is 1.50. The highest BCUT2D eigenvalue weighted by Crippen LogP contribution is 2.17. The van der Waals surface area contributed by atoms with Gasteiger partial charge in [-0.3, -0.25) is 10.1 Å². The highest BCUT2D eigenvalue weighted by molar-refractivity contribution is 5.43. The Hall–Kier alpha value is -1.69. The molecule has 0 spiro atoms. The Morgan fingerprint density at radius 3 is 2.53 bits per heavy atom. The Balaban J connectivity index is 2.86. The molecule has 0 aliphatic rings. The predicted octanol–water partition coefficient (Wildman–Crippen LogP) is 1.59. The van der Waals surface area contributed by atoms with E-state index in [1.807, 2.05) is 11.8 Å². The Labute approximate surface area is 100 Å². The largest absolute Gasteiger partial charge is 0.389 e. The lowest BCUT2D eigenvalue weighted by Gasteiger charge is -2.28. The molecule has 0 aliphatic heterocycles. The zero-order valence-electron chi connectivity index (χ0n) is 10.3. The van der Waals surface area contributed by atoms with Crippen LogP contribution in [-0.4, -0.2) is 33.7 Å². The summed E-state index contributed by atoms with van der Waals surface area (Å²) in [6.45, 7) is 6.46. The molecule has 0 radical (unpaired) electrons. The topological polar surface area (TPSA) is 79.5 Å². The van der Waals surface area contributed by atoms with Crippen LogP contribution in [0.25, 0.3) is 0 Å². The molecule has 0 amide bonds. The van der Waals surface area contributed by atoms with Crippen molar-refractivity contribution < 1.29 is 10.0 Å². The summed E-state index contributed by atoms with van der Waals surface area (Å²) in [5, 5.41) is 20.2. The van der Waals surface area contributed by atoms with Gasteiger partial charge < -0.3 is 10.0 Å². The van der Waals surface area contributed by atoms with E-state index >= 15 is 0 Å². The van der Waals surface area contributed by atoms with E-state index in [9.17, 15) is 15.2 Å². The quantitative estimate of drug-likeness (QED) is 0.623. The molecule has 1 aromatic rings. The third-order valence-corrected chi connectivity index (χ3v) is 2.23. The number of aromatic nitrogens is 1. The van der Waals surface area contributed by atoms with Gasteiger partial charge in [-0.25, -0.2) is 4.98 Å². The maximum atomic E-state index is 10.5. The zero-order valence-corrected chi connectivity index (χ0v) is 10.3. The summed E-state index contributed by atoms with van der Waals surface area (Å²) in [7, 11) is 0. The lowest BCUT2D eigenvalue weighted by molar-refractivity contribution is -0.385. The van der Waals surface area contributed by atoms with Crippen molar-refractivity contribution in [2.24, 2.45) is 0 Å². The highest BCUT2D eigenvalue weighted by atomic mass is 16.6. The van der Waals surface area contributed by atoms with Crippen LogP contribution >= 0.6 is 0 Å². The summed E-state index contributed by atoms with van der Waals surface area (Å²) in [6, 6.07) is 3.00. The molecule has 0 bridgehead atoms. The molecule has 0 aliphatic carbocycles. The molecule has 1 rings (SSSR count). The molecule has 0 saturated heterocycles. The van der Waals surface area contributed by atoms with Gasteiger partial charge in [0.05, 0.1) is 10.5 Å². The number of pyridine rings is 1. The van der Waals surface area contributed by atoms with E-state index in [1.54, 1.807) is 19.9 Å². The monoisotopic (exact) mass is 239 g/mol. The maximum absolute atomic E-state index is 10.5. The van der Waals surface area contributed by atoms with E-state index in [1.165, 1.54) is 12.3 Å². The summed E-state index contributed by atoms with van der Waals surface area (Å²) >= 11 is 0. The third kappa shape index (κ3) is 3.99. The lowest BCUT2D eigenvalue weighted by atomic mass is 10.1. The van der Waals surface area contributed by atoms with E-state index in [0.29, 0.717) is 18.9 Å². The van der Waals surface area contributed by atoms with Crippen molar-refractivity contribution in [2.45, 2.75) is 26.4 Å². The maximum Gasteiger partial charge on any atom is 0.287 e. The van der Waals surface area contributed by atoms with Crippen LogP contribution in [0.15, 0.2) is 18.3 Å². The van der Waals surface area contributed by atoms with Gasteiger partial charge in [-0.05, 0) is 26.8 Å². The van der Waals surface area contributed by atoms with Gasteiger partial charge in [-0.2, -0.15) is 0 Å². The first-order valence-electron chi connectivity index (χ1n) is 5.41. The third-order valence-electron chi connectivity index (χ3n) is 2.23. The van der Waals surface area contributed by atoms with Crippen LogP contribution in [0.4, 0.5) is 11.5 Å². The van der Waals surface area contributed by atoms with E-state index in [2.05, 4.69) is 4.98 Å². The SMILES string of the molecule is CCN(CC(C)(C)O)c1ccc([N+](=O)[O-])cn1. The van der Waals surface area contributed by atoms with E-state index in [0.717, 1.165) is 0 Å². The Bertz CT molecular complexity index is 384. The second-order valence-corrected chi connectivity index (χ2v) is 4.46. The number of hydrogen-bond donors (Lipinski definition) is 1. The van der Waals surface area contributed by atoms with Crippen LogP contribution in [0.2, 0.25) is 0 Å². The van der Waals surface area contributed by atoms with Crippen molar-refractivity contribution in [3.05, 3.63) is 28.4 Å². The fraction of sp³-hybridized carbons (Fsp3) is 0.545.